The predicted octanol–water partition coefficient (Wildman–Crippen LogP) is 4.46. The Balaban J connectivity index is 1.68. The Morgan fingerprint density at radius 1 is 1.11 bits per heavy atom. The van der Waals surface area contributed by atoms with Gasteiger partial charge in [-0.2, -0.15) is 0 Å². The molecule has 0 fully saturated rings. The van der Waals surface area contributed by atoms with Gasteiger partial charge in [0, 0.05) is 5.39 Å². The third-order valence-electron chi connectivity index (χ3n) is 4.03. The lowest BCUT2D eigenvalue weighted by molar-refractivity contribution is 0.342. The molecule has 8 heteroatoms. The summed E-state index contributed by atoms with van der Waals surface area (Å²) in [6.45, 7) is 2.48. The van der Waals surface area contributed by atoms with Crippen LogP contribution in [-0.4, -0.2) is 23.9 Å². The van der Waals surface area contributed by atoms with Crippen LogP contribution in [0.25, 0.3) is 21.5 Å². The standard InChI is InChI=1S/C20H17N3O4S/c1-3-26-15-9-5-4-8-14(15)21-20-23-22-18(28-20)13-11-12-7-6-10-16(25-2)17(12)27-19(13)24/h4-11H,3H2,1-2H3,(H,21,23). The van der Waals surface area contributed by atoms with E-state index in [4.69, 9.17) is 13.9 Å². The second-order valence-corrected chi connectivity index (χ2v) is 6.77. The molecular weight excluding hydrogens is 378 g/mol. The van der Waals surface area contributed by atoms with Crippen LogP contribution in [0.2, 0.25) is 0 Å². The maximum atomic E-state index is 12.5. The van der Waals surface area contributed by atoms with E-state index in [9.17, 15) is 4.79 Å². The fraction of sp³-hybridized carbons (Fsp3) is 0.150. The van der Waals surface area contributed by atoms with Crippen LogP contribution in [0.1, 0.15) is 6.92 Å². The fourth-order valence-electron chi connectivity index (χ4n) is 2.78. The van der Waals surface area contributed by atoms with Crippen LogP contribution in [0.4, 0.5) is 10.8 Å². The molecule has 1 N–H and O–H groups in total. The van der Waals surface area contributed by atoms with E-state index in [1.54, 1.807) is 12.1 Å². The molecule has 4 rings (SSSR count). The van der Waals surface area contributed by atoms with Crippen LogP contribution in [0.5, 0.6) is 11.5 Å². The zero-order valence-corrected chi connectivity index (χ0v) is 16.1. The van der Waals surface area contributed by atoms with E-state index in [1.807, 2.05) is 43.3 Å². The lowest BCUT2D eigenvalue weighted by Crippen LogP contribution is -2.03. The summed E-state index contributed by atoms with van der Waals surface area (Å²) in [4.78, 5) is 12.5. The van der Waals surface area contributed by atoms with Gasteiger partial charge < -0.3 is 19.2 Å². The summed E-state index contributed by atoms with van der Waals surface area (Å²) in [5, 5.41) is 13.2. The molecule has 142 valence electrons. The van der Waals surface area contributed by atoms with Crippen molar-refractivity contribution in [3.05, 3.63) is 59.0 Å². The number of ether oxygens (including phenoxy) is 2. The van der Waals surface area contributed by atoms with Gasteiger partial charge in [0.05, 0.1) is 25.0 Å². The minimum Gasteiger partial charge on any atom is -0.493 e. The molecule has 0 aliphatic rings. The molecule has 0 unspecified atom stereocenters. The number of rotatable bonds is 6. The lowest BCUT2D eigenvalue weighted by Gasteiger charge is -2.09. The van der Waals surface area contributed by atoms with Crippen LogP contribution >= 0.6 is 11.3 Å². The first kappa shape index (κ1) is 18.0. The molecule has 2 aromatic heterocycles. The molecule has 28 heavy (non-hydrogen) atoms. The van der Waals surface area contributed by atoms with Gasteiger partial charge in [-0.1, -0.05) is 35.6 Å². The van der Waals surface area contributed by atoms with Gasteiger partial charge in [-0.3, -0.25) is 0 Å². The Bertz CT molecular complexity index is 1190. The highest BCUT2D eigenvalue weighted by Gasteiger charge is 2.15. The minimum atomic E-state index is -0.491. The molecule has 0 saturated heterocycles. The molecule has 7 nitrogen and oxygen atoms in total. The summed E-state index contributed by atoms with van der Waals surface area (Å²) in [5.74, 6) is 1.23. The van der Waals surface area contributed by atoms with E-state index >= 15 is 0 Å². The molecule has 0 spiro atoms. The number of para-hydroxylation sites is 3. The second kappa shape index (κ2) is 7.69. The first-order valence-electron chi connectivity index (χ1n) is 8.63. The van der Waals surface area contributed by atoms with E-state index in [2.05, 4.69) is 15.5 Å². The van der Waals surface area contributed by atoms with E-state index in [0.29, 0.717) is 33.6 Å². The maximum absolute atomic E-state index is 12.5. The first-order chi connectivity index (χ1) is 13.7. The number of anilines is 2. The third-order valence-corrected chi connectivity index (χ3v) is 4.90. The minimum absolute atomic E-state index is 0.351. The van der Waals surface area contributed by atoms with Crippen molar-refractivity contribution in [2.75, 3.05) is 19.0 Å². The van der Waals surface area contributed by atoms with Crippen LogP contribution in [0.3, 0.4) is 0 Å². The van der Waals surface area contributed by atoms with Gasteiger partial charge in [-0.05, 0) is 31.2 Å². The summed E-state index contributed by atoms with van der Waals surface area (Å²) in [6, 6.07) is 14.7. The van der Waals surface area contributed by atoms with E-state index < -0.39 is 5.63 Å². The van der Waals surface area contributed by atoms with E-state index in [1.165, 1.54) is 18.4 Å². The second-order valence-electron chi connectivity index (χ2n) is 5.79. The number of hydrogen-bond donors (Lipinski definition) is 1. The predicted molar refractivity (Wildman–Crippen MR) is 109 cm³/mol. The Labute approximate surface area is 164 Å². The average Bonchev–Trinajstić information content (AvgIpc) is 3.17. The zero-order chi connectivity index (χ0) is 19.5. The lowest BCUT2D eigenvalue weighted by atomic mass is 10.2. The van der Waals surface area contributed by atoms with Crippen molar-refractivity contribution in [1.29, 1.82) is 0 Å². The zero-order valence-electron chi connectivity index (χ0n) is 15.3. The summed E-state index contributed by atoms with van der Waals surface area (Å²) >= 11 is 1.26. The molecule has 0 aliphatic carbocycles. The Morgan fingerprint density at radius 3 is 2.75 bits per heavy atom. The van der Waals surface area contributed by atoms with Crippen molar-refractivity contribution in [3.8, 4) is 22.1 Å². The highest BCUT2D eigenvalue weighted by molar-refractivity contribution is 7.18. The largest absolute Gasteiger partial charge is 0.493 e. The highest BCUT2D eigenvalue weighted by Crippen LogP contribution is 2.33. The molecule has 0 aliphatic heterocycles. The fourth-order valence-corrected chi connectivity index (χ4v) is 3.54. The number of fused-ring (bicyclic) bond motifs is 1. The molecule has 0 amide bonds. The third kappa shape index (κ3) is 3.41. The van der Waals surface area contributed by atoms with E-state index in [0.717, 1.165) is 16.8 Å². The van der Waals surface area contributed by atoms with Crippen LogP contribution < -0.4 is 20.4 Å². The molecule has 0 atom stereocenters. The molecule has 2 heterocycles. The highest BCUT2D eigenvalue weighted by atomic mass is 32.1. The quantitative estimate of drug-likeness (QED) is 0.482. The first-order valence-corrected chi connectivity index (χ1v) is 9.45. The average molecular weight is 395 g/mol. The summed E-state index contributed by atoms with van der Waals surface area (Å²) in [6.07, 6.45) is 0. The van der Waals surface area contributed by atoms with Gasteiger partial charge in [0.1, 0.15) is 5.75 Å². The van der Waals surface area contributed by atoms with Crippen LogP contribution in [-0.2, 0) is 0 Å². The van der Waals surface area contributed by atoms with Gasteiger partial charge in [-0.25, -0.2) is 4.79 Å². The van der Waals surface area contributed by atoms with Gasteiger partial charge in [0.25, 0.3) is 0 Å². The van der Waals surface area contributed by atoms with Crippen LogP contribution in [0.15, 0.2) is 57.7 Å². The van der Waals surface area contributed by atoms with Crippen molar-refractivity contribution in [2.24, 2.45) is 0 Å². The van der Waals surface area contributed by atoms with Crippen molar-refractivity contribution in [3.63, 3.8) is 0 Å². The number of nitrogens with one attached hydrogen (secondary N) is 1. The monoisotopic (exact) mass is 395 g/mol. The van der Waals surface area contributed by atoms with Crippen molar-refractivity contribution in [2.45, 2.75) is 6.92 Å². The number of methoxy groups -OCH3 is 1. The Morgan fingerprint density at radius 2 is 1.93 bits per heavy atom. The topological polar surface area (TPSA) is 86.5 Å². The van der Waals surface area contributed by atoms with Crippen molar-refractivity contribution < 1.29 is 13.9 Å². The Hall–Kier alpha value is -3.39. The molecule has 0 radical (unpaired) electrons. The van der Waals surface area contributed by atoms with Gasteiger partial charge in [-0.15, -0.1) is 10.2 Å². The molecule has 0 bridgehead atoms. The van der Waals surface area contributed by atoms with Crippen LogP contribution in [0, 0.1) is 0 Å². The SMILES string of the molecule is CCOc1ccccc1Nc1nnc(-c2cc3cccc(OC)c3oc2=O)s1. The molecule has 2 aromatic carbocycles. The smallest absolute Gasteiger partial charge is 0.346 e. The number of nitrogens with zero attached hydrogens (tertiary/aromatic N) is 2. The normalized spacial score (nSPS) is 10.8. The maximum Gasteiger partial charge on any atom is 0.346 e. The number of hydrogen-bond acceptors (Lipinski definition) is 8. The van der Waals surface area contributed by atoms with Crippen molar-refractivity contribution in [1.82, 2.24) is 10.2 Å². The summed E-state index contributed by atoms with van der Waals surface area (Å²) in [5.41, 5.74) is 1.05. The molecule has 4 aromatic rings. The van der Waals surface area contributed by atoms with Gasteiger partial charge in [0.2, 0.25) is 5.13 Å². The number of benzene rings is 2. The van der Waals surface area contributed by atoms with Gasteiger partial charge in [0.15, 0.2) is 16.3 Å². The van der Waals surface area contributed by atoms with Crippen molar-refractivity contribution >= 4 is 33.1 Å². The molecule has 0 saturated carbocycles. The van der Waals surface area contributed by atoms with Gasteiger partial charge >= 0.3 is 5.63 Å². The van der Waals surface area contributed by atoms with E-state index in [-0.39, 0.29) is 0 Å². The Kier molecular flexibility index (Phi) is 4.94. The molecular formula is C20H17N3O4S. The summed E-state index contributed by atoms with van der Waals surface area (Å²) < 4.78 is 16.3. The number of aromatic nitrogens is 2. The summed E-state index contributed by atoms with van der Waals surface area (Å²) in [7, 11) is 1.53.